The van der Waals surface area contributed by atoms with Gasteiger partial charge in [0.2, 0.25) is 10.7 Å². The first-order valence-electron chi connectivity index (χ1n) is 9.85. The van der Waals surface area contributed by atoms with E-state index in [-0.39, 0.29) is 0 Å². The lowest BCUT2D eigenvalue weighted by atomic mass is 10.1. The summed E-state index contributed by atoms with van der Waals surface area (Å²) in [5.41, 5.74) is 0. The van der Waals surface area contributed by atoms with Crippen LogP contribution in [0.25, 0.3) is 0 Å². The summed E-state index contributed by atoms with van der Waals surface area (Å²) >= 11 is 5.81. The predicted molar refractivity (Wildman–Crippen MR) is 100.0 cm³/mol. The zero-order valence-electron chi connectivity index (χ0n) is 15.0. The van der Waals surface area contributed by atoms with Crippen LogP contribution >= 0.6 is 12.2 Å². The van der Waals surface area contributed by atoms with Crippen molar-refractivity contribution in [1.82, 2.24) is 19.2 Å². The molecule has 0 bridgehead atoms. The third-order valence-electron chi connectivity index (χ3n) is 5.82. The molecular weight excluding hydrogens is 318 g/mol. The standard InChI is InChI=1S/C18H31N5S/c1-20(13-15-7-3-4-8-15)14-22-18(24)23(16-9-10-16)17(19-22)21-11-5-2-6-12-21/h15-16H,2-14H2,1H3. The smallest absolute Gasteiger partial charge is 0.226 e. The summed E-state index contributed by atoms with van der Waals surface area (Å²) in [6.45, 7) is 4.28. The topological polar surface area (TPSA) is 29.2 Å². The van der Waals surface area contributed by atoms with Gasteiger partial charge in [0.05, 0.1) is 6.67 Å². The quantitative estimate of drug-likeness (QED) is 0.730. The van der Waals surface area contributed by atoms with Crippen LogP contribution in [0.1, 0.15) is 63.8 Å². The fourth-order valence-electron chi connectivity index (χ4n) is 4.38. The summed E-state index contributed by atoms with van der Waals surface area (Å²) in [4.78, 5) is 4.88. The molecule has 2 heterocycles. The van der Waals surface area contributed by atoms with Crippen molar-refractivity contribution in [2.75, 3.05) is 31.6 Å². The second kappa shape index (κ2) is 7.16. The number of anilines is 1. The van der Waals surface area contributed by atoms with E-state index in [4.69, 9.17) is 17.3 Å². The van der Waals surface area contributed by atoms with Gasteiger partial charge in [-0.3, -0.25) is 9.47 Å². The average Bonchev–Trinajstić information content (AvgIpc) is 3.20. The zero-order valence-corrected chi connectivity index (χ0v) is 15.8. The second-order valence-electron chi connectivity index (χ2n) is 8.06. The Morgan fingerprint density at radius 1 is 1.04 bits per heavy atom. The molecule has 0 unspecified atom stereocenters. The van der Waals surface area contributed by atoms with Crippen LogP contribution in [0, 0.1) is 10.7 Å². The summed E-state index contributed by atoms with van der Waals surface area (Å²) in [6, 6.07) is 0.600. The molecule has 0 spiro atoms. The molecule has 5 nitrogen and oxygen atoms in total. The Hall–Kier alpha value is -0.880. The van der Waals surface area contributed by atoms with E-state index in [0.717, 1.165) is 36.4 Å². The van der Waals surface area contributed by atoms with Crippen LogP contribution < -0.4 is 4.90 Å². The van der Waals surface area contributed by atoms with Crippen LogP contribution in [0.2, 0.25) is 0 Å². The number of rotatable bonds is 6. The fraction of sp³-hybridized carbons (Fsp3) is 0.889. The summed E-state index contributed by atoms with van der Waals surface area (Å²) < 4.78 is 5.35. The average molecular weight is 350 g/mol. The van der Waals surface area contributed by atoms with Gasteiger partial charge in [0.1, 0.15) is 0 Å². The van der Waals surface area contributed by atoms with Crippen molar-refractivity contribution in [3.8, 4) is 0 Å². The summed E-state index contributed by atoms with van der Waals surface area (Å²) in [5, 5.41) is 4.97. The minimum Gasteiger partial charge on any atom is -0.341 e. The SMILES string of the molecule is CN(CC1CCCC1)Cn1nc(N2CCCCC2)n(C2CC2)c1=S. The monoisotopic (exact) mass is 349 g/mol. The number of hydrogen-bond donors (Lipinski definition) is 0. The molecule has 24 heavy (non-hydrogen) atoms. The highest BCUT2D eigenvalue weighted by molar-refractivity contribution is 7.71. The van der Waals surface area contributed by atoms with E-state index in [2.05, 4.69) is 26.1 Å². The molecule has 3 aliphatic rings. The molecule has 1 aromatic rings. The fourth-order valence-corrected chi connectivity index (χ4v) is 4.71. The van der Waals surface area contributed by atoms with E-state index in [1.54, 1.807) is 0 Å². The van der Waals surface area contributed by atoms with Crippen molar-refractivity contribution < 1.29 is 0 Å². The van der Waals surface area contributed by atoms with Crippen LogP contribution in [0.4, 0.5) is 5.95 Å². The van der Waals surface area contributed by atoms with Crippen LogP contribution in [-0.4, -0.2) is 45.9 Å². The third kappa shape index (κ3) is 3.54. The Balaban J connectivity index is 1.51. The summed E-state index contributed by atoms with van der Waals surface area (Å²) in [6.07, 6.45) is 12.1. The molecule has 1 aliphatic heterocycles. The highest BCUT2D eigenvalue weighted by atomic mass is 32.1. The maximum Gasteiger partial charge on any atom is 0.226 e. The van der Waals surface area contributed by atoms with Crippen LogP contribution in [0.5, 0.6) is 0 Å². The molecule has 134 valence electrons. The largest absolute Gasteiger partial charge is 0.341 e. The van der Waals surface area contributed by atoms with E-state index in [9.17, 15) is 0 Å². The molecule has 2 saturated carbocycles. The first kappa shape index (κ1) is 16.6. The Bertz CT molecular complexity index is 605. The number of aromatic nitrogens is 3. The number of piperidine rings is 1. The molecule has 4 rings (SSSR count). The van der Waals surface area contributed by atoms with E-state index in [1.807, 2.05) is 0 Å². The molecule has 0 atom stereocenters. The maximum atomic E-state index is 5.81. The van der Waals surface area contributed by atoms with Gasteiger partial charge < -0.3 is 4.90 Å². The lowest BCUT2D eigenvalue weighted by molar-refractivity contribution is 0.215. The van der Waals surface area contributed by atoms with Gasteiger partial charge in [0.25, 0.3) is 0 Å². The van der Waals surface area contributed by atoms with Gasteiger partial charge in [-0.2, -0.15) is 0 Å². The van der Waals surface area contributed by atoms with E-state index < -0.39 is 0 Å². The van der Waals surface area contributed by atoms with Gasteiger partial charge >= 0.3 is 0 Å². The van der Waals surface area contributed by atoms with Crippen molar-refractivity contribution in [1.29, 1.82) is 0 Å². The minimum absolute atomic E-state index is 0.600. The normalized spacial score (nSPS) is 22.7. The number of hydrogen-bond acceptors (Lipinski definition) is 4. The minimum atomic E-state index is 0.600. The van der Waals surface area contributed by atoms with Crippen LogP contribution in [0.15, 0.2) is 0 Å². The molecular formula is C18H31N5S. The van der Waals surface area contributed by atoms with E-state index in [0.29, 0.717) is 6.04 Å². The van der Waals surface area contributed by atoms with Crippen LogP contribution in [-0.2, 0) is 6.67 Å². The van der Waals surface area contributed by atoms with Crippen molar-refractivity contribution in [3.63, 3.8) is 0 Å². The van der Waals surface area contributed by atoms with Crippen molar-refractivity contribution in [3.05, 3.63) is 4.77 Å². The molecule has 2 aliphatic carbocycles. The van der Waals surface area contributed by atoms with Crippen molar-refractivity contribution >= 4 is 18.2 Å². The predicted octanol–water partition coefficient (Wildman–Crippen LogP) is 3.82. The molecule has 6 heteroatoms. The first-order valence-corrected chi connectivity index (χ1v) is 10.3. The Morgan fingerprint density at radius 2 is 1.75 bits per heavy atom. The highest BCUT2D eigenvalue weighted by Crippen LogP contribution is 2.38. The summed E-state index contributed by atoms with van der Waals surface area (Å²) in [5.74, 6) is 2.01. The number of nitrogens with zero attached hydrogens (tertiary/aromatic N) is 5. The van der Waals surface area contributed by atoms with Gasteiger partial charge in [-0.1, -0.05) is 12.8 Å². The van der Waals surface area contributed by atoms with Gasteiger partial charge in [0.15, 0.2) is 0 Å². The Kier molecular flexibility index (Phi) is 4.95. The van der Waals surface area contributed by atoms with Gasteiger partial charge in [0, 0.05) is 25.7 Å². The van der Waals surface area contributed by atoms with E-state index >= 15 is 0 Å². The molecule has 0 N–H and O–H groups in total. The molecule has 3 fully saturated rings. The highest BCUT2D eigenvalue weighted by Gasteiger charge is 2.31. The molecule has 0 amide bonds. The van der Waals surface area contributed by atoms with Gasteiger partial charge in [-0.15, -0.1) is 5.10 Å². The Labute approximate surface area is 150 Å². The molecule has 1 saturated heterocycles. The second-order valence-corrected chi connectivity index (χ2v) is 8.43. The lowest BCUT2D eigenvalue weighted by Crippen LogP contribution is -2.32. The van der Waals surface area contributed by atoms with Gasteiger partial charge in [-0.05, 0) is 70.1 Å². The lowest BCUT2D eigenvalue weighted by Gasteiger charge is -2.27. The first-order chi connectivity index (χ1) is 11.7. The van der Waals surface area contributed by atoms with Gasteiger partial charge in [-0.25, -0.2) is 4.68 Å². The molecule has 0 aromatic carbocycles. The zero-order chi connectivity index (χ0) is 16.5. The molecule has 1 aromatic heterocycles. The van der Waals surface area contributed by atoms with Crippen LogP contribution in [0.3, 0.4) is 0 Å². The van der Waals surface area contributed by atoms with Crippen molar-refractivity contribution in [2.24, 2.45) is 5.92 Å². The van der Waals surface area contributed by atoms with Crippen molar-refractivity contribution in [2.45, 2.75) is 70.5 Å². The third-order valence-corrected chi connectivity index (χ3v) is 6.23. The van der Waals surface area contributed by atoms with E-state index in [1.165, 1.54) is 64.3 Å². The molecule has 0 radical (unpaired) electrons. The summed E-state index contributed by atoms with van der Waals surface area (Å²) in [7, 11) is 2.22. The maximum absolute atomic E-state index is 5.81. The Morgan fingerprint density at radius 3 is 2.42 bits per heavy atom.